The molecule has 0 spiro atoms. The number of nitrogens with one attached hydrogen (secondary N) is 1. The number of fused-ring (bicyclic) bond motifs is 1. The lowest BCUT2D eigenvalue weighted by atomic mass is 9.89. The van der Waals surface area contributed by atoms with Gasteiger partial charge in [-0.1, -0.05) is 12.1 Å². The Morgan fingerprint density at radius 2 is 2.19 bits per heavy atom. The molecule has 1 aromatic carbocycles. The molecule has 2 saturated heterocycles. The smallest absolute Gasteiger partial charge is 0.320 e. The number of urea groups is 1. The van der Waals surface area contributed by atoms with Crippen LogP contribution in [0.25, 0.3) is 0 Å². The van der Waals surface area contributed by atoms with Crippen LogP contribution in [0.3, 0.4) is 0 Å². The van der Waals surface area contributed by atoms with Crippen LogP contribution in [0.15, 0.2) is 36.7 Å². The summed E-state index contributed by atoms with van der Waals surface area (Å²) < 4.78 is 13.8. The second-order valence-electron chi connectivity index (χ2n) is 7.55. The Kier molecular flexibility index (Phi) is 4.40. The van der Waals surface area contributed by atoms with Gasteiger partial charge in [-0.3, -0.25) is 10.00 Å². The first kappa shape index (κ1) is 17.0. The third kappa shape index (κ3) is 3.07. The van der Waals surface area contributed by atoms with Crippen LogP contribution in [0, 0.1) is 17.7 Å². The molecule has 3 heterocycles. The fourth-order valence-electron chi connectivity index (χ4n) is 4.46. The summed E-state index contributed by atoms with van der Waals surface area (Å²) in [6, 6.07) is 6.60. The van der Waals surface area contributed by atoms with Gasteiger partial charge in [0.05, 0.1) is 12.2 Å². The van der Waals surface area contributed by atoms with E-state index in [2.05, 4.69) is 15.1 Å². The van der Waals surface area contributed by atoms with Gasteiger partial charge in [-0.2, -0.15) is 5.10 Å². The van der Waals surface area contributed by atoms with Crippen molar-refractivity contribution in [1.82, 2.24) is 24.9 Å². The molecular weight excluding hydrogens is 333 g/mol. The van der Waals surface area contributed by atoms with E-state index in [1.807, 2.05) is 23.4 Å². The van der Waals surface area contributed by atoms with Crippen LogP contribution in [-0.2, 0) is 6.54 Å². The van der Waals surface area contributed by atoms with Gasteiger partial charge in [0.25, 0.3) is 0 Å². The Labute approximate surface area is 152 Å². The molecule has 0 bridgehead atoms. The number of rotatable bonds is 3. The first-order chi connectivity index (χ1) is 12.5. The lowest BCUT2D eigenvalue weighted by Gasteiger charge is -2.31. The van der Waals surface area contributed by atoms with Gasteiger partial charge < -0.3 is 9.80 Å². The summed E-state index contributed by atoms with van der Waals surface area (Å²) in [5.41, 5.74) is 2.05. The normalized spacial score (nSPS) is 25.5. The second-order valence-corrected chi connectivity index (χ2v) is 7.55. The molecule has 3 atom stereocenters. The van der Waals surface area contributed by atoms with E-state index in [1.54, 1.807) is 31.1 Å². The number of amides is 2. The summed E-state index contributed by atoms with van der Waals surface area (Å²) >= 11 is 0. The Morgan fingerprint density at radius 3 is 2.88 bits per heavy atom. The largest absolute Gasteiger partial charge is 0.331 e. The second kappa shape index (κ2) is 6.72. The lowest BCUT2D eigenvalue weighted by molar-refractivity contribution is 0.151. The minimum absolute atomic E-state index is 0.00459. The Morgan fingerprint density at radius 1 is 1.35 bits per heavy atom. The van der Waals surface area contributed by atoms with Crippen LogP contribution >= 0.6 is 0 Å². The number of nitrogens with zero attached hydrogens (tertiary/aromatic N) is 4. The van der Waals surface area contributed by atoms with E-state index in [4.69, 9.17) is 0 Å². The molecule has 6 nitrogen and oxygen atoms in total. The molecule has 0 radical (unpaired) electrons. The Balaban J connectivity index is 1.59. The van der Waals surface area contributed by atoms with Gasteiger partial charge in [0.15, 0.2) is 0 Å². The zero-order valence-corrected chi connectivity index (χ0v) is 15.1. The number of aromatic amines is 1. The van der Waals surface area contributed by atoms with Crippen LogP contribution in [-0.4, -0.2) is 64.7 Å². The van der Waals surface area contributed by atoms with Gasteiger partial charge in [-0.05, 0) is 23.6 Å². The van der Waals surface area contributed by atoms with E-state index in [1.165, 1.54) is 6.07 Å². The van der Waals surface area contributed by atoms with Gasteiger partial charge in [0.2, 0.25) is 0 Å². The minimum Gasteiger partial charge on any atom is -0.331 e. The number of benzene rings is 1. The fraction of sp³-hybridized carbons (Fsp3) is 0.474. The molecule has 2 amide bonds. The molecule has 0 saturated carbocycles. The first-order valence-corrected chi connectivity index (χ1v) is 8.96. The third-order valence-electron chi connectivity index (χ3n) is 5.52. The van der Waals surface area contributed by atoms with E-state index in [0.29, 0.717) is 18.4 Å². The number of H-pyrrole nitrogens is 1. The Hall–Kier alpha value is -2.41. The molecule has 4 rings (SSSR count). The van der Waals surface area contributed by atoms with Crippen molar-refractivity contribution in [2.45, 2.75) is 12.6 Å². The monoisotopic (exact) mass is 357 g/mol. The molecule has 1 aromatic heterocycles. The molecule has 2 aromatic rings. The van der Waals surface area contributed by atoms with Crippen LogP contribution in [0.4, 0.5) is 9.18 Å². The highest BCUT2D eigenvalue weighted by Gasteiger charge is 2.49. The molecule has 138 valence electrons. The summed E-state index contributed by atoms with van der Waals surface area (Å²) in [6.07, 6.45) is 3.76. The van der Waals surface area contributed by atoms with Crippen molar-refractivity contribution in [3.8, 4) is 0 Å². The maximum absolute atomic E-state index is 13.8. The molecule has 2 aliphatic heterocycles. The topological polar surface area (TPSA) is 55.5 Å². The van der Waals surface area contributed by atoms with E-state index in [0.717, 1.165) is 30.8 Å². The van der Waals surface area contributed by atoms with Crippen molar-refractivity contribution in [2.75, 3.05) is 33.7 Å². The number of hydrogen-bond acceptors (Lipinski definition) is 3. The number of carbonyl (C=O) groups excluding carboxylic acids is 1. The standard InChI is InChI=1S/C19H24FN5O/c1-23(2)19(26)25-11-15-10-24(9-13-7-21-22-8-13)12-17(15)18(25)14-4-3-5-16(20)6-14/h3-8,15,17-18H,9-12H2,1-2H3,(H,21,22)/t15-,17-,18-/m1/s1. The lowest BCUT2D eigenvalue weighted by Crippen LogP contribution is -2.41. The SMILES string of the molecule is CN(C)C(=O)N1C[C@H]2CN(Cc3cn[nH]c3)C[C@H]2[C@H]1c1cccc(F)c1. The average molecular weight is 357 g/mol. The van der Waals surface area contributed by atoms with Gasteiger partial charge in [0, 0.05) is 58.0 Å². The van der Waals surface area contributed by atoms with Crippen LogP contribution < -0.4 is 0 Å². The van der Waals surface area contributed by atoms with E-state index in [-0.39, 0.29) is 17.9 Å². The third-order valence-corrected chi connectivity index (χ3v) is 5.52. The number of hydrogen-bond donors (Lipinski definition) is 1. The summed E-state index contributed by atoms with van der Waals surface area (Å²) in [7, 11) is 3.54. The number of aromatic nitrogens is 2. The van der Waals surface area contributed by atoms with Crippen molar-refractivity contribution < 1.29 is 9.18 Å². The quantitative estimate of drug-likeness (QED) is 0.917. The molecule has 7 heteroatoms. The average Bonchev–Trinajstić information content (AvgIpc) is 3.30. The zero-order chi connectivity index (χ0) is 18.3. The van der Waals surface area contributed by atoms with Gasteiger partial charge >= 0.3 is 6.03 Å². The first-order valence-electron chi connectivity index (χ1n) is 8.96. The molecule has 0 aliphatic carbocycles. The molecule has 26 heavy (non-hydrogen) atoms. The van der Waals surface area contributed by atoms with E-state index >= 15 is 0 Å². The van der Waals surface area contributed by atoms with Crippen molar-refractivity contribution in [1.29, 1.82) is 0 Å². The fourth-order valence-corrected chi connectivity index (χ4v) is 4.46. The highest BCUT2D eigenvalue weighted by atomic mass is 19.1. The van der Waals surface area contributed by atoms with Gasteiger partial charge in [0.1, 0.15) is 5.82 Å². The minimum atomic E-state index is -0.253. The molecule has 1 N–H and O–H groups in total. The number of halogens is 1. The molecule has 2 fully saturated rings. The molecular formula is C19H24FN5O. The summed E-state index contributed by atoms with van der Waals surface area (Å²) in [6.45, 7) is 3.40. The Bertz CT molecular complexity index is 778. The summed E-state index contributed by atoms with van der Waals surface area (Å²) in [4.78, 5) is 18.6. The van der Waals surface area contributed by atoms with Crippen molar-refractivity contribution in [2.24, 2.45) is 11.8 Å². The van der Waals surface area contributed by atoms with Crippen LogP contribution in [0.5, 0.6) is 0 Å². The maximum Gasteiger partial charge on any atom is 0.320 e. The molecule has 0 unspecified atom stereocenters. The van der Waals surface area contributed by atoms with E-state index < -0.39 is 0 Å². The summed E-state index contributed by atoms with van der Waals surface area (Å²) in [5.74, 6) is 0.461. The van der Waals surface area contributed by atoms with Gasteiger partial charge in [-0.15, -0.1) is 0 Å². The van der Waals surface area contributed by atoms with Crippen LogP contribution in [0.1, 0.15) is 17.2 Å². The summed E-state index contributed by atoms with van der Waals surface area (Å²) in [5, 5.41) is 6.86. The highest BCUT2D eigenvalue weighted by Crippen LogP contribution is 2.45. The van der Waals surface area contributed by atoms with Gasteiger partial charge in [-0.25, -0.2) is 9.18 Å². The predicted molar refractivity (Wildman–Crippen MR) is 95.8 cm³/mol. The number of carbonyl (C=O) groups is 1. The van der Waals surface area contributed by atoms with Crippen molar-refractivity contribution >= 4 is 6.03 Å². The highest BCUT2D eigenvalue weighted by molar-refractivity contribution is 5.75. The molecule has 2 aliphatic rings. The number of likely N-dealkylation sites (tertiary alicyclic amines) is 2. The van der Waals surface area contributed by atoms with Crippen molar-refractivity contribution in [3.63, 3.8) is 0 Å². The zero-order valence-electron chi connectivity index (χ0n) is 15.1. The maximum atomic E-state index is 13.8. The predicted octanol–water partition coefficient (Wildman–Crippen LogP) is 2.34. The van der Waals surface area contributed by atoms with Crippen LogP contribution in [0.2, 0.25) is 0 Å². The van der Waals surface area contributed by atoms with Crippen molar-refractivity contribution in [3.05, 3.63) is 53.6 Å². The van der Waals surface area contributed by atoms with E-state index in [9.17, 15) is 9.18 Å².